The van der Waals surface area contributed by atoms with E-state index in [-0.39, 0.29) is 11.4 Å². The van der Waals surface area contributed by atoms with Crippen molar-refractivity contribution >= 4 is 41.0 Å². The second kappa shape index (κ2) is 9.49. The van der Waals surface area contributed by atoms with Gasteiger partial charge in [0, 0.05) is 35.0 Å². The van der Waals surface area contributed by atoms with Crippen molar-refractivity contribution in [2.75, 3.05) is 18.6 Å². The molecule has 2 aromatic carbocycles. The lowest BCUT2D eigenvalue weighted by molar-refractivity contribution is 0.0955. The molecule has 1 aliphatic rings. The Hall–Kier alpha value is -2.24. The summed E-state index contributed by atoms with van der Waals surface area (Å²) in [4.78, 5) is 14.8. The molecular formula is C24H29Cl2N3O2. The number of methoxy groups -OCH3 is 1. The molecule has 1 aliphatic heterocycles. The molecule has 0 aromatic heterocycles. The van der Waals surface area contributed by atoms with Crippen LogP contribution in [0.1, 0.15) is 67.9 Å². The molecule has 3 rings (SSSR count). The molecule has 166 valence electrons. The summed E-state index contributed by atoms with van der Waals surface area (Å²) in [5.41, 5.74) is 6.30. The van der Waals surface area contributed by atoms with Crippen molar-refractivity contribution in [3.05, 3.63) is 57.1 Å². The summed E-state index contributed by atoms with van der Waals surface area (Å²) in [6, 6.07) is 8.90. The van der Waals surface area contributed by atoms with Crippen LogP contribution in [0.4, 0.5) is 5.69 Å². The largest absolute Gasteiger partial charge is 0.496 e. The minimum Gasteiger partial charge on any atom is -0.496 e. The van der Waals surface area contributed by atoms with E-state index in [1.54, 1.807) is 25.5 Å². The number of halogens is 2. The van der Waals surface area contributed by atoms with Crippen molar-refractivity contribution in [1.29, 1.82) is 0 Å². The number of carbonyl (C=O) groups is 1. The Bertz CT molecular complexity index is 1000. The predicted molar refractivity (Wildman–Crippen MR) is 129 cm³/mol. The number of carbonyl (C=O) groups excluding carboxylic acids is 1. The maximum atomic E-state index is 12.4. The summed E-state index contributed by atoms with van der Waals surface area (Å²) in [5.74, 6) is 0.759. The zero-order valence-electron chi connectivity index (χ0n) is 18.6. The number of hydrogen-bond donors (Lipinski definition) is 1. The number of ether oxygens (including phenoxy) is 1. The maximum absolute atomic E-state index is 12.4. The first-order valence-electron chi connectivity index (χ1n) is 10.5. The van der Waals surface area contributed by atoms with Gasteiger partial charge >= 0.3 is 0 Å². The molecular weight excluding hydrogens is 433 g/mol. The molecule has 2 aromatic rings. The summed E-state index contributed by atoms with van der Waals surface area (Å²) >= 11 is 11.9. The summed E-state index contributed by atoms with van der Waals surface area (Å²) in [5, 5.41) is 4.86. The minimum absolute atomic E-state index is 0.0802. The smallest absolute Gasteiger partial charge is 0.271 e. The minimum atomic E-state index is -0.365. The predicted octanol–water partition coefficient (Wildman–Crippen LogP) is 6.27. The lowest BCUT2D eigenvalue weighted by Gasteiger charge is -2.47. The first-order valence-corrected chi connectivity index (χ1v) is 11.2. The van der Waals surface area contributed by atoms with Crippen molar-refractivity contribution in [3.63, 3.8) is 0 Å². The fraction of sp³-hybridized carbons (Fsp3) is 0.417. The summed E-state index contributed by atoms with van der Waals surface area (Å²) < 4.78 is 5.65. The third kappa shape index (κ3) is 4.99. The SMILES string of the molecule is CCCN1c2cc(OC)c(/C=N\NC(=O)c3ccc(Cl)c(Cl)c3)cc2C(C)CC1(C)C. The molecule has 1 unspecified atom stereocenters. The van der Waals surface area contributed by atoms with Crippen LogP contribution in [0.3, 0.4) is 0 Å². The Balaban J connectivity index is 1.87. The van der Waals surface area contributed by atoms with Gasteiger partial charge in [-0.15, -0.1) is 0 Å². The van der Waals surface area contributed by atoms with Gasteiger partial charge in [0.1, 0.15) is 5.75 Å². The molecule has 7 heteroatoms. The average Bonchev–Trinajstić information content (AvgIpc) is 2.72. The number of benzene rings is 2. The standard InChI is InChI=1S/C24H29Cl2N3O2/c1-6-9-29-21-12-22(31-5)17(10-18(21)15(2)13-24(29,3)4)14-27-28-23(30)16-7-8-19(25)20(26)11-16/h7-8,10-12,14-15H,6,9,13H2,1-5H3,(H,28,30)/b27-14-. The topological polar surface area (TPSA) is 53.9 Å². The van der Waals surface area contributed by atoms with Crippen LogP contribution in [-0.4, -0.2) is 31.3 Å². The Kier molecular flexibility index (Phi) is 7.17. The van der Waals surface area contributed by atoms with Crippen LogP contribution >= 0.6 is 23.2 Å². The number of rotatable bonds is 6. The van der Waals surface area contributed by atoms with Gasteiger partial charge < -0.3 is 9.64 Å². The molecule has 1 amide bonds. The molecule has 0 saturated heterocycles. The zero-order chi connectivity index (χ0) is 22.8. The van der Waals surface area contributed by atoms with E-state index < -0.39 is 0 Å². The van der Waals surface area contributed by atoms with Gasteiger partial charge in [-0.3, -0.25) is 4.79 Å². The number of hydrazone groups is 1. The Labute approximate surface area is 194 Å². The molecule has 0 spiro atoms. The average molecular weight is 462 g/mol. The lowest BCUT2D eigenvalue weighted by atomic mass is 9.79. The second-order valence-corrected chi connectivity index (χ2v) is 9.36. The van der Waals surface area contributed by atoms with Gasteiger partial charge in [0.15, 0.2) is 0 Å². The van der Waals surface area contributed by atoms with E-state index in [1.807, 2.05) is 0 Å². The van der Waals surface area contributed by atoms with Crippen LogP contribution in [0.25, 0.3) is 0 Å². The van der Waals surface area contributed by atoms with Crippen LogP contribution < -0.4 is 15.1 Å². The third-order valence-corrected chi connectivity index (χ3v) is 6.47. The molecule has 1 heterocycles. The number of fused-ring (bicyclic) bond motifs is 1. The highest BCUT2D eigenvalue weighted by Crippen LogP contribution is 2.45. The molecule has 0 fully saturated rings. The zero-order valence-corrected chi connectivity index (χ0v) is 20.1. The Morgan fingerprint density at radius 1 is 1.29 bits per heavy atom. The number of anilines is 1. The van der Waals surface area contributed by atoms with E-state index in [1.165, 1.54) is 17.3 Å². The Morgan fingerprint density at radius 3 is 2.68 bits per heavy atom. The van der Waals surface area contributed by atoms with E-state index in [2.05, 4.69) is 55.3 Å². The van der Waals surface area contributed by atoms with Gasteiger partial charge in [-0.1, -0.05) is 37.0 Å². The highest BCUT2D eigenvalue weighted by molar-refractivity contribution is 6.42. The number of amides is 1. The van der Waals surface area contributed by atoms with E-state index in [0.717, 1.165) is 30.7 Å². The maximum Gasteiger partial charge on any atom is 0.271 e. The van der Waals surface area contributed by atoms with Crippen molar-refractivity contribution in [3.8, 4) is 5.75 Å². The molecule has 1 N–H and O–H groups in total. The van der Waals surface area contributed by atoms with Crippen molar-refractivity contribution in [1.82, 2.24) is 5.43 Å². The van der Waals surface area contributed by atoms with Crippen LogP contribution in [0.15, 0.2) is 35.4 Å². The third-order valence-electron chi connectivity index (χ3n) is 5.74. The quantitative estimate of drug-likeness (QED) is 0.407. The van der Waals surface area contributed by atoms with Crippen LogP contribution in [0.5, 0.6) is 5.75 Å². The number of hydrogen-bond acceptors (Lipinski definition) is 4. The molecule has 31 heavy (non-hydrogen) atoms. The summed E-state index contributed by atoms with van der Waals surface area (Å²) in [7, 11) is 1.65. The van der Waals surface area contributed by atoms with Gasteiger partial charge in [-0.05, 0) is 62.4 Å². The van der Waals surface area contributed by atoms with E-state index in [4.69, 9.17) is 27.9 Å². The molecule has 1 atom stereocenters. The van der Waals surface area contributed by atoms with Crippen molar-refractivity contribution in [2.45, 2.75) is 52.0 Å². The monoisotopic (exact) mass is 461 g/mol. The lowest BCUT2D eigenvalue weighted by Crippen LogP contribution is -2.48. The van der Waals surface area contributed by atoms with Crippen molar-refractivity contribution < 1.29 is 9.53 Å². The molecule has 0 saturated carbocycles. The van der Waals surface area contributed by atoms with Gasteiger partial charge in [0.25, 0.3) is 5.91 Å². The molecule has 5 nitrogen and oxygen atoms in total. The van der Waals surface area contributed by atoms with Crippen LogP contribution in [0.2, 0.25) is 10.0 Å². The first-order chi connectivity index (χ1) is 14.7. The fourth-order valence-electron chi connectivity index (χ4n) is 4.31. The molecule has 0 bridgehead atoms. The molecule has 0 radical (unpaired) electrons. The van der Waals surface area contributed by atoms with E-state index >= 15 is 0 Å². The van der Waals surface area contributed by atoms with Crippen LogP contribution in [0, 0.1) is 0 Å². The van der Waals surface area contributed by atoms with Gasteiger partial charge in [0.2, 0.25) is 0 Å². The van der Waals surface area contributed by atoms with Crippen molar-refractivity contribution in [2.24, 2.45) is 5.10 Å². The van der Waals surface area contributed by atoms with E-state index in [0.29, 0.717) is 21.5 Å². The highest BCUT2D eigenvalue weighted by Gasteiger charge is 2.36. The summed E-state index contributed by atoms with van der Waals surface area (Å²) in [6.07, 6.45) is 3.76. The second-order valence-electron chi connectivity index (χ2n) is 8.55. The normalized spacial score (nSPS) is 17.5. The summed E-state index contributed by atoms with van der Waals surface area (Å²) in [6.45, 7) is 10.0. The fourth-order valence-corrected chi connectivity index (χ4v) is 4.61. The van der Waals surface area contributed by atoms with Crippen LogP contribution in [-0.2, 0) is 0 Å². The van der Waals surface area contributed by atoms with E-state index in [9.17, 15) is 4.79 Å². The Morgan fingerprint density at radius 2 is 2.03 bits per heavy atom. The van der Waals surface area contributed by atoms with Gasteiger partial charge in [-0.25, -0.2) is 5.43 Å². The number of nitrogens with one attached hydrogen (secondary N) is 1. The highest BCUT2D eigenvalue weighted by atomic mass is 35.5. The van der Waals surface area contributed by atoms with Gasteiger partial charge in [0.05, 0.1) is 23.4 Å². The number of nitrogens with zero attached hydrogens (tertiary/aromatic N) is 2. The molecule has 0 aliphatic carbocycles. The first kappa shape index (κ1) is 23.4. The van der Waals surface area contributed by atoms with Gasteiger partial charge in [-0.2, -0.15) is 5.10 Å².